The molecule has 2 rings (SSSR count). The van der Waals surface area contributed by atoms with Crippen LogP contribution in [0.3, 0.4) is 0 Å². The number of nitrogens with one attached hydrogen (secondary N) is 1. The van der Waals surface area contributed by atoms with Gasteiger partial charge in [0.2, 0.25) is 0 Å². The van der Waals surface area contributed by atoms with Crippen molar-refractivity contribution >= 4 is 0 Å². The van der Waals surface area contributed by atoms with E-state index in [2.05, 4.69) is 5.32 Å². The lowest BCUT2D eigenvalue weighted by atomic mass is 10.1. The second-order valence-corrected chi connectivity index (χ2v) is 4.24. The molecule has 2 aliphatic rings. The molecule has 13 heavy (non-hydrogen) atoms. The van der Waals surface area contributed by atoms with Gasteiger partial charge in [0.15, 0.2) is 0 Å². The van der Waals surface area contributed by atoms with E-state index in [1.54, 1.807) is 0 Å². The fourth-order valence-corrected chi connectivity index (χ4v) is 2.33. The zero-order chi connectivity index (χ0) is 9.10. The molecule has 1 saturated heterocycles. The molecule has 3 heteroatoms. The lowest BCUT2D eigenvalue weighted by Gasteiger charge is -2.19. The van der Waals surface area contributed by atoms with Crippen LogP contribution in [0.2, 0.25) is 0 Å². The van der Waals surface area contributed by atoms with Crippen LogP contribution in [0.5, 0.6) is 0 Å². The molecule has 1 aliphatic carbocycles. The molecule has 1 heterocycles. The molecule has 1 aliphatic heterocycles. The third-order valence-electron chi connectivity index (χ3n) is 3.20. The molecule has 3 atom stereocenters. The van der Waals surface area contributed by atoms with Gasteiger partial charge in [0.1, 0.15) is 0 Å². The lowest BCUT2D eigenvalue weighted by molar-refractivity contribution is 0.107. The van der Waals surface area contributed by atoms with Crippen molar-refractivity contribution in [3.8, 4) is 0 Å². The average Bonchev–Trinajstić information content (AvgIpc) is 2.72. The standard InChI is InChI=1S/C10H20N2O/c11-9-4-1-5-10(9)12-7-8-3-2-6-13-8/h8-10,12H,1-7,11H2/t8-,9-,10-/m1/s1. The number of ether oxygens (including phenoxy) is 1. The Morgan fingerprint density at radius 3 is 2.77 bits per heavy atom. The van der Waals surface area contributed by atoms with E-state index in [4.69, 9.17) is 10.5 Å². The Bertz CT molecular complexity index is 157. The molecule has 0 unspecified atom stereocenters. The predicted octanol–water partition coefficient (Wildman–Crippen LogP) is 0.635. The van der Waals surface area contributed by atoms with Crippen molar-refractivity contribution in [2.24, 2.45) is 5.73 Å². The summed E-state index contributed by atoms with van der Waals surface area (Å²) in [6.45, 7) is 1.95. The summed E-state index contributed by atoms with van der Waals surface area (Å²) in [5, 5.41) is 3.52. The van der Waals surface area contributed by atoms with Gasteiger partial charge in [-0.25, -0.2) is 0 Å². The minimum Gasteiger partial charge on any atom is -0.377 e. The predicted molar refractivity (Wildman–Crippen MR) is 52.6 cm³/mol. The van der Waals surface area contributed by atoms with E-state index < -0.39 is 0 Å². The quantitative estimate of drug-likeness (QED) is 0.676. The number of hydrogen-bond acceptors (Lipinski definition) is 3. The number of nitrogens with two attached hydrogens (primary N) is 1. The normalized spacial score (nSPS) is 39.9. The molecule has 3 N–H and O–H groups in total. The van der Waals surface area contributed by atoms with E-state index in [0.29, 0.717) is 18.2 Å². The van der Waals surface area contributed by atoms with Gasteiger partial charge in [0.25, 0.3) is 0 Å². The first-order valence-corrected chi connectivity index (χ1v) is 5.47. The summed E-state index contributed by atoms with van der Waals surface area (Å²) in [5.74, 6) is 0. The highest BCUT2D eigenvalue weighted by Gasteiger charge is 2.24. The van der Waals surface area contributed by atoms with Crippen LogP contribution in [0.4, 0.5) is 0 Å². The first kappa shape index (κ1) is 9.44. The summed E-state index contributed by atoms with van der Waals surface area (Å²) >= 11 is 0. The van der Waals surface area contributed by atoms with E-state index in [0.717, 1.165) is 13.2 Å². The van der Waals surface area contributed by atoms with E-state index in [1.165, 1.54) is 32.1 Å². The summed E-state index contributed by atoms with van der Waals surface area (Å²) in [5.41, 5.74) is 5.96. The van der Waals surface area contributed by atoms with Gasteiger partial charge >= 0.3 is 0 Å². The smallest absolute Gasteiger partial charge is 0.0700 e. The fraction of sp³-hybridized carbons (Fsp3) is 1.00. The van der Waals surface area contributed by atoms with Crippen molar-refractivity contribution in [3.63, 3.8) is 0 Å². The summed E-state index contributed by atoms with van der Waals surface area (Å²) in [6, 6.07) is 0.922. The maximum absolute atomic E-state index is 5.96. The van der Waals surface area contributed by atoms with Crippen LogP contribution >= 0.6 is 0 Å². The summed E-state index contributed by atoms with van der Waals surface area (Å²) < 4.78 is 5.54. The molecule has 0 amide bonds. The molecule has 76 valence electrons. The third-order valence-corrected chi connectivity index (χ3v) is 3.20. The first-order chi connectivity index (χ1) is 6.36. The monoisotopic (exact) mass is 184 g/mol. The van der Waals surface area contributed by atoms with Gasteiger partial charge in [-0.1, -0.05) is 6.42 Å². The zero-order valence-corrected chi connectivity index (χ0v) is 8.17. The topological polar surface area (TPSA) is 47.3 Å². The van der Waals surface area contributed by atoms with Gasteiger partial charge in [-0.15, -0.1) is 0 Å². The SMILES string of the molecule is N[C@@H]1CCC[C@H]1NC[C@H]1CCCO1. The molecule has 0 aromatic rings. The Morgan fingerprint density at radius 2 is 2.15 bits per heavy atom. The van der Waals surface area contributed by atoms with Crippen LogP contribution in [0, 0.1) is 0 Å². The van der Waals surface area contributed by atoms with Crippen LogP contribution in [0.25, 0.3) is 0 Å². The minimum atomic E-state index is 0.376. The van der Waals surface area contributed by atoms with Crippen LogP contribution in [-0.4, -0.2) is 31.3 Å². The van der Waals surface area contributed by atoms with Gasteiger partial charge < -0.3 is 15.8 Å². The lowest BCUT2D eigenvalue weighted by Crippen LogP contribution is -2.43. The van der Waals surface area contributed by atoms with Crippen LogP contribution < -0.4 is 11.1 Å². The molecule has 1 saturated carbocycles. The van der Waals surface area contributed by atoms with Crippen LogP contribution in [-0.2, 0) is 4.74 Å². The molecule has 0 aromatic carbocycles. The Hall–Kier alpha value is -0.120. The van der Waals surface area contributed by atoms with Crippen molar-refractivity contribution in [2.75, 3.05) is 13.2 Å². The minimum absolute atomic E-state index is 0.376. The summed E-state index contributed by atoms with van der Waals surface area (Å²) in [7, 11) is 0. The van der Waals surface area contributed by atoms with Crippen molar-refractivity contribution in [2.45, 2.75) is 50.3 Å². The third kappa shape index (κ3) is 2.42. The molecule has 3 nitrogen and oxygen atoms in total. The van der Waals surface area contributed by atoms with Gasteiger partial charge in [-0.2, -0.15) is 0 Å². The van der Waals surface area contributed by atoms with Gasteiger partial charge in [-0.3, -0.25) is 0 Å². The number of hydrogen-bond donors (Lipinski definition) is 2. The number of rotatable bonds is 3. The summed E-state index contributed by atoms with van der Waals surface area (Å²) in [6.07, 6.45) is 6.60. The van der Waals surface area contributed by atoms with Crippen LogP contribution in [0.15, 0.2) is 0 Å². The molecule has 0 bridgehead atoms. The van der Waals surface area contributed by atoms with Gasteiger partial charge in [0.05, 0.1) is 6.10 Å². The molecule has 0 radical (unpaired) electrons. The second kappa shape index (κ2) is 4.40. The zero-order valence-electron chi connectivity index (χ0n) is 8.17. The van der Waals surface area contributed by atoms with Crippen molar-refractivity contribution in [1.82, 2.24) is 5.32 Å². The Morgan fingerprint density at radius 1 is 1.23 bits per heavy atom. The maximum Gasteiger partial charge on any atom is 0.0700 e. The molecular weight excluding hydrogens is 164 g/mol. The highest BCUT2D eigenvalue weighted by Crippen LogP contribution is 2.18. The molecule has 0 aromatic heterocycles. The fourth-order valence-electron chi connectivity index (χ4n) is 2.33. The molecule has 2 fully saturated rings. The molecule has 0 spiro atoms. The molecular formula is C10H20N2O. The highest BCUT2D eigenvalue weighted by molar-refractivity contribution is 4.86. The highest BCUT2D eigenvalue weighted by atomic mass is 16.5. The average molecular weight is 184 g/mol. The van der Waals surface area contributed by atoms with Crippen molar-refractivity contribution in [3.05, 3.63) is 0 Å². The van der Waals surface area contributed by atoms with Gasteiger partial charge in [0, 0.05) is 25.2 Å². The van der Waals surface area contributed by atoms with Gasteiger partial charge in [-0.05, 0) is 25.7 Å². The Labute approximate surface area is 80.0 Å². The van der Waals surface area contributed by atoms with Crippen LogP contribution in [0.1, 0.15) is 32.1 Å². The van der Waals surface area contributed by atoms with E-state index in [1.807, 2.05) is 0 Å². The second-order valence-electron chi connectivity index (χ2n) is 4.24. The van der Waals surface area contributed by atoms with E-state index in [9.17, 15) is 0 Å². The summed E-state index contributed by atoms with van der Waals surface area (Å²) in [4.78, 5) is 0. The Kier molecular flexibility index (Phi) is 3.19. The van der Waals surface area contributed by atoms with E-state index >= 15 is 0 Å². The first-order valence-electron chi connectivity index (χ1n) is 5.47. The maximum atomic E-state index is 5.96. The largest absolute Gasteiger partial charge is 0.377 e. The Balaban J connectivity index is 1.66. The van der Waals surface area contributed by atoms with E-state index in [-0.39, 0.29) is 0 Å². The van der Waals surface area contributed by atoms with Crippen molar-refractivity contribution < 1.29 is 4.74 Å². The van der Waals surface area contributed by atoms with Crippen molar-refractivity contribution in [1.29, 1.82) is 0 Å².